The van der Waals surface area contributed by atoms with Crippen LogP contribution in [0.2, 0.25) is 5.15 Å². The van der Waals surface area contributed by atoms with Crippen LogP contribution in [0.25, 0.3) is 0 Å². The number of halogens is 2. The van der Waals surface area contributed by atoms with Gasteiger partial charge < -0.3 is 0 Å². The minimum Gasteiger partial charge on any atom is -0.287 e. The quantitative estimate of drug-likeness (QED) is 0.783. The summed E-state index contributed by atoms with van der Waals surface area (Å²) >= 11 is 5.72. The van der Waals surface area contributed by atoms with Gasteiger partial charge in [0.05, 0.1) is 18.2 Å². The zero-order valence-electron chi connectivity index (χ0n) is 10.4. The first-order valence-electron chi connectivity index (χ1n) is 5.59. The summed E-state index contributed by atoms with van der Waals surface area (Å²) in [5.74, 6) is -0.544. The molecule has 0 atom stereocenters. The standard InChI is InChI=1S/C13H9ClFN3O2/c1-17-11(14)5-12(19)18(13(17)20)7-9-4-10(15)3-2-8(9)6-16/h2-5H,7H2,1H3. The highest BCUT2D eigenvalue weighted by molar-refractivity contribution is 6.29. The SMILES string of the molecule is Cn1c(Cl)cc(=O)n(Cc2cc(F)ccc2C#N)c1=O. The topological polar surface area (TPSA) is 67.8 Å². The van der Waals surface area contributed by atoms with E-state index in [0.29, 0.717) is 0 Å². The molecule has 0 spiro atoms. The third-order valence-corrected chi connectivity index (χ3v) is 3.23. The Labute approximate surface area is 118 Å². The van der Waals surface area contributed by atoms with Crippen molar-refractivity contribution in [3.8, 4) is 6.07 Å². The fourth-order valence-electron chi connectivity index (χ4n) is 1.76. The lowest BCUT2D eigenvalue weighted by atomic mass is 10.1. The van der Waals surface area contributed by atoms with Crippen molar-refractivity contribution < 1.29 is 4.39 Å². The summed E-state index contributed by atoms with van der Waals surface area (Å²) in [6, 6.07) is 6.55. The molecule has 1 aromatic carbocycles. The van der Waals surface area contributed by atoms with E-state index in [1.807, 2.05) is 6.07 Å². The molecule has 0 N–H and O–H groups in total. The molecule has 7 heteroatoms. The Hall–Kier alpha value is -2.39. The number of hydrogen-bond acceptors (Lipinski definition) is 3. The summed E-state index contributed by atoms with van der Waals surface area (Å²) < 4.78 is 15.2. The van der Waals surface area contributed by atoms with Gasteiger partial charge in [-0.05, 0) is 23.8 Å². The minimum absolute atomic E-state index is 0.0102. The third-order valence-electron chi connectivity index (χ3n) is 2.86. The smallest absolute Gasteiger partial charge is 0.287 e. The van der Waals surface area contributed by atoms with E-state index in [1.54, 1.807) is 0 Å². The van der Waals surface area contributed by atoms with Crippen molar-refractivity contribution in [3.05, 3.63) is 67.2 Å². The highest BCUT2D eigenvalue weighted by Crippen LogP contribution is 2.11. The monoisotopic (exact) mass is 293 g/mol. The van der Waals surface area contributed by atoms with Crippen LogP contribution in [-0.2, 0) is 13.6 Å². The Morgan fingerprint density at radius 3 is 2.70 bits per heavy atom. The lowest BCUT2D eigenvalue weighted by Crippen LogP contribution is -2.39. The van der Waals surface area contributed by atoms with Crippen LogP contribution in [0.15, 0.2) is 33.9 Å². The van der Waals surface area contributed by atoms with Gasteiger partial charge in [-0.25, -0.2) is 9.18 Å². The Bertz CT molecular complexity index is 833. The molecule has 0 unspecified atom stereocenters. The first-order chi connectivity index (χ1) is 9.43. The van der Waals surface area contributed by atoms with E-state index in [4.69, 9.17) is 16.9 Å². The van der Waals surface area contributed by atoms with Gasteiger partial charge in [0.1, 0.15) is 11.0 Å². The van der Waals surface area contributed by atoms with Crippen molar-refractivity contribution in [2.75, 3.05) is 0 Å². The summed E-state index contributed by atoms with van der Waals surface area (Å²) in [6.45, 7) is -0.191. The third kappa shape index (κ3) is 2.49. The average Bonchev–Trinajstić information content (AvgIpc) is 2.41. The van der Waals surface area contributed by atoms with Gasteiger partial charge in [-0.2, -0.15) is 5.26 Å². The maximum absolute atomic E-state index is 13.2. The number of rotatable bonds is 2. The van der Waals surface area contributed by atoms with Crippen molar-refractivity contribution in [3.63, 3.8) is 0 Å². The number of benzene rings is 1. The van der Waals surface area contributed by atoms with Gasteiger partial charge in [-0.1, -0.05) is 11.6 Å². The molecule has 0 aliphatic rings. The van der Waals surface area contributed by atoms with Crippen LogP contribution in [0.3, 0.4) is 0 Å². The molecule has 0 aliphatic carbocycles. The summed E-state index contributed by atoms with van der Waals surface area (Å²) in [6.07, 6.45) is 0. The van der Waals surface area contributed by atoms with Gasteiger partial charge >= 0.3 is 5.69 Å². The first-order valence-corrected chi connectivity index (χ1v) is 5.96. The Kier molecular flexibility index (Phi) is 3.72. The lowest BCUT2D eigenvalue weighted by molar-refractivity contribution is 0.612. The van der Waals surface area contributed by atoms with E-state index in [0.717, 1.165) is 27.3 Å². The largest absolute Gasteiger partial charge is 0.332 e. The number of nitriles is 1. The molecular formula is C13H9ClFN3O2. The molecule has 5 nitrogen and oxygen atoms in total. The Morgan fingerprint density at radius 2 is 2.05 bits per heavy atom. The number of hydrogen-bond donors (Lipinski definition) is 0. The van der Waals surface area contributed by atoms with Crippen LogP contribution in [0, 0.1) is 17.1 Å². The van der Waals surface area contributed by atoms with Gasteiger partial charge in [0, 0.05) is 13.1 Å². The molecule has 2 aromatic rings. The molecule has 102 valence electrons. The second kappa shape index (κ2) is 5.31. The number of aromatic nitrogens is 2. The van der Waals surface area contributed by atoms with Crippen molar-refractivity contribution in [2.45, 2.75) is 6.54 Å². The summed E-state index contributed by atoms with van der Waals surface area (Å²) in [5, 5.41) is 8.97. The van der Waals surface area contributed by atoms with Gasteiger partial charge in [-0.3, -0.25) is 13.9 Å². The van der Waals surface area contributed by atoms with E-state index >= 15 is 0 Å². The Morgan fingerprint density at radius 1 is 1.35 bits per heavy atom. The molecule has 1 heterocycles. The van der Waals surface area contributed by atoms with Crippen LogP contribution < -0.4 is 11.2 Å². The van der Waals surface area contributed by atoms with E-state index in [9.17, 15) is 14.0 Å². The fraction of sp³-hybridized carbons (Fsp3) is 0.154. The van der Waals surface area contributed by atoms with Crippen LogP contribution >= 0.6 is 11.6 Å². The zero-order valence-corrected chi connectivity index (χ0v) is 11.2. The molecule has 0 bridgehead atoms. The average molecular weight is 294 g/mol. The molecule has 0 aliphatic heterocycles. The number of nitrogens with zero attached hydrogens (tertiary/aromatic N) is 3. The minimum atomic E-state index is -0.629. The van der Waals surface area contributed by atoms with Gasteiger partial charge in [-0.15, -0.1) is 0 Å². The predicted octanol–water partition coefficient (Wildman–Crippen LogP) is 1.26. The van der Waals surface area contributed by atoms with Crippen molar-refractivity contribution >= 4 is 11.6 Å². The Balaban J connectivity index is 2.60. The maximum Gasteiger partial charge on any atom is 0.332 e. The molecule has 20 heavy (non-hydrogen) atoms. The summed E-state index contributed by atoms with van der Waals surface area (Å²) in [7, 11) is 1.41. The van der Waals surface area contributed by atoms with Gasteiger partial charge in [0.25, 0.3) is 5.56 Å². The highest BCUT2D eigenvalue weighted by atomic mass is 35.5. The molecule has 0 fully saturated rings. The van der Waals surface area contributed by atoms with Crippen molar-refractivity contribution in [1.29, 1.82) is 5.26 Å². The lowest BCUT2D eigenvalue weighted by Gasteiger charge is -2.09. The van der Waals surface area contributed by atoms with Crippen LogP contribution in [-0.4, -0.2) is 9.13 Å². The van der Waals surface area contributed by atoms with Crippen molar-refractivity contribution in [1.82, 2.24) is 9.13 Å². The second-order valence-corrected chi connectivity index (χ2v) is 4.53. The van der Waals surface area contributed by atoms with Crippen molar-refractivity contribution in [2.24, 2.45) is 7.05 Å². The summed E-state index contributed by atoms with van der Waals surface area (Å²) in [5.41, 5.74) is -0.772. The van der Waals surface area contributed by atoms with Gasteiger partial charge in [0.2, 0.25) is 0 Å². The summed E-state index contributed by atoms with van der Waals surface area (Å²) in [4.78, 5) is 23.8. The molecule has 0 saturated carbocycles. The van der Waals surface area contributed by atoms with Gasteiger partial charge in [0.15, 0.2) is 0 Å². The van der Waals surface area contributed by atoms with E-state index in [-0.39, 0.29) is 22.8 Å². The van der Waals surface area contributed by atoms with Crippen LogP contribution in [0.5, 0.6) is 0 Å². The first kappa shape index (κ1) is 14.0. The van der Waals surface area contributed by atoms with Crippen LogP contribution in [0.4, 0.5) is 4.39 Å². The fourth-order valence-corrected chi connectivity index (χ4v) is 1.93. The van der Waals surface area contributed by atoms with Crippen LogP contribution in [0.1, 0.15) is 11.1 Å². The highest BCUT2D eigenvalue weighted by Gasteiger charge is 2.11. The molecule has 0 radical (unpaired) electrons. The van der Waals surface area contributed by atoms with E-state index in [1.165, 1.54) is 13.1 Å². The molecule has 0 saturated heterocycles. The predicted molar refractivity (Wildman–Crippen MR) is 71.2 cm³/mol. The molecular weight excluding hydrogens is 285 g/mol. The van der Waals surface area contributed by atoms with E-state index in [2.05, 4.69) is 0 Å². The molecule has 1 aromatic heterocycles. The maximum atomic E-state index is 13.2. The van der Waals surface area contributed by atoms with E-state index < -0.39 is 17.1 Å². The molecule has 0 amide bonds. The molecule has 2 rings (SSSR count). The zero-order chi connectivity index (χ0) is 14.9. The second-order valence-electron chi connectivity index (χ2n) is 4.15. The normalized spacial score (nSPS) is 10.3.